The van der Waals surface area contributed by atoms with Crippen molar-refractivity contribution in [3.63, 3.8) is 0 Å². The number of rotatable bonds is 2. The number of anilines is 1. The summed E-state index contributed by atoms with van der Waals surface area (Å²) in [5.74, 6) is 0.717. The number of hydrogen-bond donors (Lipinski definition) is 1. The van der Waals surface area contributed by atoms with Crippen molar-refractivity contribution in [2.45, 2.75) is 45.8 Å². The van der Waals surface area contributed by atoms with Crippen LogP contribution in [0.1, 0.15) is 36.6 Å². The smallest absolute Gasteiger partial charge is 0.144 e. The molecule has 0 saturated carbocycles. The maximum Gasteiger partial charge on any atom is 0.144 e. The molecular weight excluding hydrogens is 226 g/mol. The number of nitrogens with zero attached hydrogens (tertiary/aromatic N) is 2. The third kappa shape index (κ3) is 2.80. The molecule has 0 radical (unpaired) electrons. The summed E-state index contributed by atoms with van der Waals surface area (Å²) in [6.45, 7) is 6.75. The second kappa shape index (κ2) is 5.36. The lowest BCUT2D eigenvalue weighted by molar-refractivity contribution is 0.0232. The van der Waals surface area contributed by atoms with Gasteiger partial charge in [0.2, 0.25) is 0 Å². The van der Waals surface area contributed by atoms with Crippen molar-refractivity contribution < 1.29 is 4.74 Å². The molecule has 96 valence electrons. The first-order valence-electron chi connectivity index (χ1n) is 6.36. The molecule has 1 aromatic rings. The van der Waals surface area contributed by atoms with Crippen LogP contribution in [-0.2, 0) is 4.74 Å². The zero-order chi connectivity index (χ0) is 13.1. The van der Waals surface area contributed by atoms with E-state index >= 15 is 0 Å². The van der Waals surface area contributed by atoms with E-state index in [1.165, 1.54) is 0 Å². The summed E-state index contributed by atoms with van der Waals surface area (Å²) in [6, 6.07) is 4.52. The van der Waals surface area contributed by atoms with E-state index in [0.29, 0.717) is 17.4 Å². The molecule has 2 rings (SSSR count). The standard InChI is InChI=1S/C14H19N3O/c1-9-6-10(2)16-14(13(9)8-15)17-12-4-5-18-11(3)7-12/h6,11-12H,4-5,7H2,1-3H3,(H,16,17). The van der Waals surface area contributed by atoms with E-state index in [-0.39, 0.29) is 6.10 Å². The van der Waals surface area contributed by atoms with E-state index in [1.807, 2.05) is 19.9 Å². The molecule has 0 bridgehead atoms. The summed E-state index contributed by atoms with van der Waals surface area (Å²) in [5, 5.41) is 12.6. The fourth-order valence-electron chi connectivity index (χ4n) is 2.40. The minimum atomic E-state index is 0.271. The normalized spacial score (nSPS) is 23.4. The fraction of sp³-hybridized carbons (Fsp3) is 0.571. The van der Waals surface area contributed by atoms with Crippen molar-refractivity contribution in [2.75, 3.05) is 11.9 Å². The van der Waals surface area contributed by atoms with Gasteiger partial charge in [0.15, 0.2) is 0 Å². The van der Waals surface area contributed by atoms with Gasteiger partial charge in [0, 0.05) is 18.3 Å². The molecule has 4 heteroatoms. The summed E-state index contributed by atoms with van der Waals surface area (Å²) in [6.07, 6.45) is 2.19. The van der Waals surface area contributed by atoms with Gasteiger partial charge >= 0.3 is 0 Å². The van der Waals surface area contributed by atoms with E-state index in [9.17, 15) is 5.26 Å². The highest BCUT2D eigenvalue weighted by molar-refractivity contribution is 5.56. The Hall–Kier alpha value is -1.60. The van der Waals surface area contributed by atoms with Crippen LogP contribution in [0.25, 0.3) is 0 Å². The lowest BCUT2D eigenvalue weighted by atomic mass is 10.0. The summed E-state index contributed by atoms with van der Waals surface area (Å²) in [4.78, 5) is 4.45. The van der Waals surface area contributed by atoms with Crippen molar-refractivity contribution >= 4 is 5.82 Å². The van der Waals surface area contributed by atoms with Crippen LogP contribution in [0.3, 0.4) is 0 Å². The van der Waals surface area contributed by atoms with Crippen LogP contribution < -0.4 is 5.32 Å². The van der Waals surface area contributed by atoms with E-state index in [2.05, 4.69) is 23.3 Å². The van der Waals surface area contributed by atoms with Gasteiger partial charge in [-0.2, -0.15) is 5.26 Å². The predicted octanol–water partition coefficient (Wildman–Crippen LogP) is 2.55. The molecular formula is C14H19N3O. The quantitative estimate of drug-likeness (QED) is 0.870. The van der Waals surface area contributed by atoms with Gasteiger partial charge in [0.1, 0.15) is 11.9 Å². The monoisotopic (exact) mass is 245 g/mol. The van der Waals surface area contributed by atoms with Crippen molar-refractivity contribution in [2.24, 2.45) is 0 Å². The van der Waals surface area contributed by atoms with Gasteiger partial charge in [0.25, 0.3) is 0 Å². The number of aromatic nitrogens is 1. The molecule has 1 aromatic heterocycles. The minimum absolute atomic E-state index is 0.271. The van der Waals surface area contributed by atoms with Crippen molar-refractivity contribution in [3.05, 3.63) is 22.9 Å². The first-order valence-corrected chi connectivity index (χ1v) is 6.36. The molecule has 0 aromatic carbocycles. The first-order chi connectivity index (χ1) is 8.60. The lowest BCUT2D eigenvalue weighted by Gasteiger charge is -2.28. The molecule has 0 amide bonds. The highest BCUT2D eigenvalue weighted by Gasteiger charge is 2.21. The average Bonchev–Trinajstić information content (AvgIpc) is 2.28. The Kier molecular flexibility index (Phi) is 3.83. The molecule has 0 aliphatic carbocycles. The zero-order valence-electron chi connectivity index (χ0n) is 11.2. The number of nitriles is 1. The van der Waals surface area contributed by atoms with E-state index in [0.717, 1.165) is 30.7 Å². The lowest BCUT2D eigenvalue weighted by Crippen LogP contribution is -2.33. The zero-order valence-corrected chi connectivity index (χ0v) is 11.2. The predicted molar refractivity (Wildman–Crippen MR) is 70.5 cm³/mol. The third-order valence-corrected chi connectivity index (χ3v) is 3.28. The van der Waals surface area contributed by atoms with Gasteiger partial charge in [0.05, 0.1) is 11.7 Å². The summed E-state index contributed by atoms with van der Waals surface area (Å²) in [5.41, 5.74) is 2.57. The SMILES string of the molecule is Cc1cc(C)c(C#N)c(NC2CCOC(C)C2)n1. The summed E-state index contributed by atoms with van der Waals surface area (Å²) in [7, 11) is 0. The van der Waals surface area contributed by atoms with Gasteiger partial charge in [-0.3, -0.25) is 0 Å². The second-order valence-corrected chi connectivity index (χ2v) is 4.96. The molecule has 1 aliphatic rings. The Morgan fingerprint density at radius 1 is 1.50 bits per heavy atom. The highest BCUT2D eigenvalue weighted by Crippen LogP contribution is 2.22. The van der Waals surface area contributed by atoms with Crippen molar-refractivity contribution in [3.8, 4) is 6.07 Å². The fourth-order valence-corrected chi connectivity index (χ4v) is 2.40. The molecule has 2 heterocycles. The maximum absolute atomic E-state index is 9.22. The minimum Gasteiger partial charge on any atom is -0.378 e. The van der Waals surface area contributed by atoms with Crippen LogP contribution in [0.5, 0.6) is 0 Å². The highest BCUT2D eigenvalue weighted by atomic mass is 16.5. The molecule has 2 atom stereocenters. The molecule has 2 unspecified atom stereocenters. The van der Waals surface area contributed by atoms with Gasteiger partial charge in [-0.25, -0.2) is 4.98 Å². The van der Waals surface area contributed by atoms with Gasteiger partial charge < -0.3 is 10.1 Å². The Morgan fingerprint density at radius 3 is 2.94 bits per heavy atom. The molecule has 0 spiro atoms. The number of pyridine rings is 1. The molecule has 4 nitrogen and oxygen atoms in total. The average molecular weight is 245 g/mol. The molecule has 1 saturated heterocycles. The topological polar surface area (TPSA) is 57.9 Å². The van der Waals surface area contributed by atoms with E-state index in [4.69, 9.17) is 4.74 Å². The van der Waals surface area contributed by atoms with Crippen LogP contribution in [0.4, 0.5) is 5.82 Å². The van der Waals surface area contributed by atoms with E-state index < -0.39 is 0 Å². The summed E-state index contributed by atoms with van der Waals surface area (Å²) >= 11 is 0. The van der Waals surface area contributed by atoms with Crippen LogP contribution in [0, 0.1) is 25.2 Å². The number of aryl methyl sites for hydroxylation is 2. The van der Waals surface area contributed by atoms with Crippen molar-refractivity contribution in [1.82, 2.24) is 4.98 Å². The molecule has 18 heavy (non-hydrogen) atoms. The van der Waals surface area contributed by atoms with Gasteiger partial charge in [-0.15, -0.1) is 0 Å². The maximum atomic E-state index is 9.22. The summed E-state index contributed by atoms with van der Waals surface area (Å²) < 4.78 is 5.52. The second-order valence-electron chi connectivity index (χ2n) is 4.96. The molecule has 1 aliphatic heterocycles. The third-order valence-electron chi connectivity index (χ3n) is 3.28. The van der Waals surface area contributed by atoms with Crippen LogP contribution >= 0.6 is 0 Å². The van der Waals surface area contributed by atoms with E-state index in [1.54, 1.807) is 0 Å². The Balaban J connectivity index is 2.20. The van der Waals surface area contributed by atoms with Crippen LogP contribution in [0.2, 0.25) is 0 Å². The Morgan fingerprint density at radius 2 is 2.28 bits per heavy atom. The number of ether oxygens (including phenoxy) is 1. The van der Waals surface area contributed by atoms with Crippen LogP contribution in [-0.4, -0.2) is 23.7 Å². The molecule has 1 fully saturated rings. The first kappa shape index (κ1) is 12.8. The van der Waals surface area contributed by atoms with Gasteiger partial charge in [-0.1, -0.05) is 0 Å². The Labute approximate surface area is 108 Å². The number of hydrogen-bond acceptors (Lipinski definition) is 4. The molecule has 1 N–H and O–H groups in total. The Bertz CT molecular complexity index is 479. The van der Waals surface area contributed by atoms with Crippen LogP contribution in [0.15, 0.2) is 6.07 Å². The van der Waals surface area contributed by atoms with Gasteiger partial charge in [-0.05, 0) is 45.2 Å². The largest absolute Gasteiger partial charge is 0.378 e. The van der Waals surface area contributed by atoms with Crippen molar-refractivity contribution in [1.29, 1.82) is 5.26 Å². The number of nitrogens with one attached hydrogen (secondary N) is 1.